The highest BCUT2D eigenvalue weighted by atomic mass is 35.5. The number of nitrogens with one attached hydrogen (secondary N) is 1. The second-order valence-electron chi connectivity index (χ2n) is 4.90. The Morgan fingerprint density at radius 3 is 2.13 bits per heavy atom. The molecule has 0 heterocycles. The minimum Gasteiger partial charge on any atom is -0.372 e. The molecule has 4 nitrogen and oxygen atoms in total. The van der Waals surface area contributed by atoms with Crippen LogP contribution in [0.5, 0.6) is 0 Å². The number of hydrogen-bond acceptors (Lipinski definition) is 3. The zero-order valence-electron chi connectivity index (χ0n) is 12.9. The van der Waals surface area contributed by atoms with Crippen LogP contribution in [0.1, 0.15) is 13.8 Å². The van der Waals surface area contributed by atoms with Crippen molar-refractivity contribution in [2.45, 2.75) is 18.7 Å². The third kappa shape index (κ3) is 4.31. The number of sulfonamides is 1. The average molecular weight is 373 g/mol. The highest BCUT2D eigenvalue weighted by molar-refractivity contribution is 7.92. The fourth-order valence-corrected chi connectivity index (χ4v) is 4.06. The first-order chi connectivity index (χ1) is 10.9. The SMILES string of the molecule is CCN(CC)c1ccc(NS(=O)(=O)c2ccc(Cl)cc2Cl)cc1. The van der Waals surface area contributed by atoms with Crippen LogP contribution in [0, 0.1) is 0 Å². The minimum absolute atomic E-state index is 0.00335. The summed E-state index contributed by atoms with van der Waals surface area (Å²) in [5.41, 5.74) is 1.52. The van der Waals surface area contributed by atoms with E-state index in [-0.39, 0.29) is 9.92 Å². The summed E-state index contributed by atoms with van der Waals surface area (Å²) in [4.78, 5) is 2.17. The van der Waals surface area contributed by atoms with Gasteiger partial charge in [0.25, 0.3) is 10.0 Å². The second kappa shape index (κ2) is 7.43. The molecule has 0 amide bonds. The van der Waals surface area contributed by atoms with Crippen LogP contribution in [-0.2, 0) is 10.0 Å². The van der Waals surface area contributed by atoms with Crippen LogP contribution in [0.3, 0.4) is 0 Å². The van der Waals surface area contributed by atoms with E-state index in [0.29, 0.717) is 10.7 Å². The Morgan fingerprint density at radius 1 is 1.00 bits per heavy atom. The lowest BCUT2D eigenvalue weighted by molar-refractivity contribution is 0.601. The van der Waals surface area contributed by atoms with Gasteiger partial charge in [-0.15, -0.1) is 0 Å². The van der Waals surface area contributed by atoms with E-state index < -0.39 is 10.0 Å². The smallest absolute Gasteiger partial charge is 0.263 e. The largest absolute Gasteiger partial charge is 0.372 e. The van der Waals surface area contributed by atoms with E-state index in [4.69, 9.17) is 23.2 Å². The topological polar surface area (TPSA) is 49.4 Å². The molecule has 23 heavy (non-hydrogen) atoms. The quantitative estimate of drug-likeness (QED) is 0.803. The zero-order valence-corrected chi connectivity index (χ0v) is 15.2. The molecule has 2 aromatic carbocycles. The van der Waals surface area contributed by atoms with Gasteiger partial charge in [-0.2, -0.15) is 0 Å². The van der Waals surface area contributed by atoms with E-state index >= 15 is 0 Å². The summed E-state index contributed by atoms with van der Waals surface area (Å²) in [6, 6.07) is 11.5. The van der Waals surface area contributed by atoms with Crippen molar-refractivity contribution in [3.8, 4) is 0 Å². The Balaban J connectivity index is 2.24. The van der Waals surface area contributed by atoms with Gasteiger partial charge in [0.2, 0.25) is 0 Å². The van der Waals surface area contributed by atoms with Crippen LogP contribution < -0.4 is 9.62 Å². The van der Waals surface area contributed by atoms with Crippen LogP contribution >= 0.6 is 23.2 Å². The van der Waals surface area contributed by atoms with Crippen molar-refractivity contribution in [3.63, 3.8) is 0 Å². The van der Waals surface area contributed by atoms with E-state index in [1.54, 1.807) is 12.1 Å². The fraction of sp³-hybridized carbons (Fsp3) is 0.250. The van der Waals surface area contributed by atoms with Gasteiger partial charge in [0.05, 0.1) is 5.02 Å². The average Bonchev–Trinajstić information content (AvgIpc) is 2.49. The molecule has 0 spiro atoms. The molecule has 1 N–H and O–H groups in total. The summed E-state index contributed by atoms with van der Waals surface area (Å²) in [6.07, 6.45) is 0. The van der Waals surface area contributed by atoms with Crippen LogP contribution in [-0.4, -0.2) is 21.5 Å². The third-order valence-electron chi connectivity index (χ3n) is 3.43. The van der Waals surface area contributed by atoms with Gasteiger partial charge in [-0.05, 0) is 56.3 Å². The molecule has 0 fully saturated rings. The van der Waals surface area contributed by atoms with Gasteiger partial charge < -0.3 is 4.90 Å². The maximum absolute atomic E-state index is 12.4. The Labute approximate surface area is 147 Å². The molecule has 124 valence electrons. The van der Waals surface area contributed by atoms with Crippen molar-refractivity contribution >= 4 is 44.6 Å². The van der Waals surface area contributed by atoms with Crippen LogP contribution in [0.4, 0.5) is 11.4 Å². The van der Waals surface area contributed by atoms with E-state index in [9.17, 15) is 8.42 Å². The number of halogens is 2. The molecule has 2 rings (SSSR count). The molecule has 0 aliphatic rings. The lowest BCUT2D eigenvalue weighted by atomic mass is 10.2. The molecule has 0 radical (unpaired) electrons. The van der Waals surface area contributed by atoms with Crippen molar-refractivity contribution in [2.24, 2.45) is 0 Å². The molecule has 0 aliphatic heterocycles. The van der Waals surface area contributed by atoms with Crippen molar-refractivity contribution in [1.82, 2.24) is 0 Å². The first kappa shape index (κ1) is 17.9. The normalized spacial score (nSPS) is 11.3. The van der Waals surface area contributed by atoms with Crippen molar-refractivity contribution in [3.05, 3.63) is 52.5 Å². The summed E-state index contributed by atoms with van der Waals surface area (Å²) in [5.74, 6) is 0. The first-order valence-corrected chi connectivity index (χ1v) is 9.44. The third-order valence-corrected chi connectivity index (χ3v) is 5.53. The van der Waals surface area contributed by atoms with Gasteiger partial charge in [-0.1, -0.05) is 23.2 Å². The van der Waals surface area contributed by atoms with Crippen molar-refractivity contribution < 1.29 is 8.42 Å². The molecule has 2 aromatic rings. The molecular formula is C16H18Cl2N2O2S. The highest BCUT2D eigenvalue weighted by Crippen LogP contribution is 2.27. The summed E-state index contributed by atoms with van der Waals surface area (Å²) in [7, 11) is -3.76. The number of hydrogen-bond donors (Lipinski definition) is 1. The summed E-state index contributed by atoms with van der Waals surface area (Å²) in [6.45, 7) is 5.93. The van der Waals surface area contributed by atoms with Crippen LogP contribution in [0.2, 0.25) is 10.0 Å². The number of anilines is 2. The zero-order chi connectivity index (χ0) is 17.0. The molecule has 0 bridgehead atoms. The van der Waals surface area contributed by atoms with Gasteiger partial charge in [0.15, 0.2) is 0 Å². The Kier molecular flexibility index (Phi) is 5.79. The van der Waals surface area contributed by atoms with E-state index in [1.807, 2.05) is 12.1 Å². The molecule has 0 aromatic heterocycles. The lowest BCUT2D eigenvalue weighted by Gasteiger charge is -2.21. The maximum Gasteiger partial charge on any atom is 0.263 e. The van der Waals surface area contributed by atoms with Crippen LogP contribution in [0.25, 0.3) is 0 Å². The molecular weight excluding hydrogens is 355 g/mol. The van der Waals surface area contributed by atoms with E-state index in [2.05, 4.69) is 23.5 Å². The summed E-state index contributed by atoms with van der Waals surface area (Å²) >= 11 is 11.8. The fourth-order valence-electron chi connectivity index (χ4n) is 2.23. The molecule has 0 unspecified atom stereocenters. The number of nitrogens with zero attached hydrogens (tertiary/aromatic N) is 1. The molecule has 7 heteroatoms. The predicted molar refractivity (Wildman–Crippen MR) is 97.3 cm³/mol. The molecule has 0 aliphatic carbocycles. The van der Waals surface area contributed by atoms with Crippen molar-refractivity contribution in [1.29, 1.82) is 0 Å². The Morgan fingerprint density at radius 2 is 1.61 bits per heavy atom. The van der Waals surface area contributed by atoms with Crippen LogP contribution in [0.15, 0.2) is 47.4 Å². The second-order valence-corrected chi connectivity index (χ2v) is 7.39. The minimum atomic E-state index is -3.76. The first-order valence-electron chi connectivity index (χ1n) is 7.20. The molecule has 0 saturated carbocycles. The highest BCUT2D eigenvalue weighted by Gasteiger charge is 2.18. The summed E-state index contributed by atoms with van der Waals surface area (Å²) in [5, 5.41) is 0.474. The molecule has 0 saturated heterocycles. The Bertz CT molecular complexity index is 773. The van der Waals surface area contributed by atoms with E-state index in [0.717, 1.165) is 18.8 Å². The van der Waals surface area contributed by atoms with Gasteiger partial charge in [-0.25, -0.2) is 8.42 Å². The number of rotatable bonds is 6. The molecule has 0 atom stereocenters. The van der Waals surface area contributed by atoms with Crippen molar-refractivity contribution in [2.75, 3.05) is 22.7 Å². The summed E-state index contributed by atoms with van der Waals surface area (Å²) < 4.78 is 27.4. The van der Waals surface area contributed by atoms with Gasteiger partial charge in [0, 0.05) is 29.5 Å². The van der Waals surface area contributed by atoms with Gasteiger partial charge in [-0.3, -0.25) is 4.72 Å². The maximum atomic E-state index is 12.4. The Hall–Kier alpha value is -1.43. The monoisotopic (exact) mass is 372 g/mol. The lowest BCUT2D eigenvalue weighted by Crippen LogP contribution is -2.21. The standard InChI is InChI=1S/C16H18Cl2N2O2S/c1-3-20(4-2)14-8-6-13(7-9-14)19-23(21,22)16-10-5-12(17)11-15(16)18/h5-11,19H,3-4H2,1-2H3. The predicted octanol–water partition coefficient (Wildman–Crippen LogP) is 4.64. The van der Waals surface area contributed by atoms with Gasteiger partial charge in [0.1, 0.15) is 4.90 Å². The van der Waals surface area contributed by atoms with E-state index in [1.165, 1.54) is 18.2 Å². The van der Waals surface area contributed by atoms with Gasteiger partial charge >= 0.3 is 0 Å². The number of benzene rings is 2.